The van der Waals surface area contributed by atoms with Crippen molar-refractivity contribution in [3.05, 3.63) is 41.5 Å². The number of carbonyl (C=O) groups excluding carboxylic acids is 2. The molecule has 2 aromatic rings. The summed E-state index contributed by atoms with van der Waals surface area (Å²) in [7, 11) is 0. The van der Waals surface area contributed by atoms with E-state index in [1.54, 1.807) is 0 Å². The zero-order valence-corrected chi connectivity index (χ0v) is 17.2. The van der Waals surface area contributed by atoms with E-state index >= 15 is 0 Å². The van der Waals surface area contributed by atoms with E-state index in [0.29, 0.717) is 16.5 Å². The molecule has 28 heavy (non-hydrogen) atoms. The van der Waals surface area contributed by atoms with Crippen molar-refractivity contribution >= 4 is 28.3 Å². The standard InChI is InChI=1S/C21H28N4O2S/c1-13(2)14-6-5-7-15(10-14)18-11-17(20(28-18)25-21(22)27)19(26)24-16-8-3-4-9-23-12-16/h5-7,10-11,13,16,23H,3-4,8-9,12H2,1-2H3,(H,24,26)(H3,22,25,27)/t16-/m0/s1. The lowest BCUT2D eigenvalue weighted by Gasteiger charge is -2.16. The molecule has 3 rings (SSSR count). The van der Waals surface area contributed by atoms with Gasteiger partial charge in [0.25, 0.3) is 5.91 Å². The minimum Gasteiger partial charge on any atom is -0.351 e. The number of primary amides is 1. The summed E-state index contributed by atoms with van der Waals surface area (Å²) < 4.78 is 0. The van der Waals surface area contributed by atoms with Crippen LogP contribution >= 0.6 is 11.3 Å². The van der Waals surface area contributed by atoms with E-state index in [4.69, 9.17) is 5.73 Å². The Morgan fingerprint density at radius 2 is 2.07 bits per heavy atom. The van der Waals surface area contributed by atoms with Gasteiger partial charge in [0.2, 0.25) is 0 Å². The molecule has 7 heteroatoms. The van der Waals surface area contributed by atoms with Gasteiger partial charge in [-0.15, -0.1) is 11.3 Å². The molecule has 150 valence electrons. The van der Waals surface area contributed by atoms with Gasteiger partial charge < -0.3 is 16.4 Å². The number of hydrogen-bond acceptors (Lipinski definition) is 4. The highest BCUT2D eigenvalue weighted by Gasteiger charge is 2.21. The van der Waals surface area contributed by atoms with Crippen LogP contribution in [0.1, 0.15) is 54.9 Å². The van der Waals surface area contributed by atoms with Gasteiger partial charge in [-0.3, -0.25) is 10.1 Å². The maximum absolute atomic E-state index is 12.9. The second kappa shape index (κ2) is 9.21. The van der Waals surface area contributed by atoms with Gasteiger partial charge in [-0.25, -0.2) is 4.79 Å². The van der Waals surface area contributed by atoms with E-state index in [9.17, 15) is 9.59 Å². The predicted molar refractivity (Wildman–Crippen MR) is 115 cm³/mol. The lowest BCUT2D eigenvalue weighted by Crippen LogP contribution is -2.41. The molecule has 6 nitrogen and oxygen atoms in total. The maximum atomic E-state index is 12.9. The number of hydrogen-bond donors (Lipinski definition) is 4. The smallest absolute Gasteiger partial charge is 0.317 e. The average Bonchev–Trinajstić information content (AvgIpc) is 2.90. The van der Waals surface area contributed by atoms with Crippen LogP contribution in [0.15, 0.2) is 30.3 Å². The molecule has 5 N–H and O–H groups in total. The Hall–Kier alpha value is -2.38. The van der Waals surface area contributed by atoms with E-state index in [-0.39, 0.29) is 11.9 Å². The second-order valence-electron chi connectivity index (χ2n) is 7.49. The summed E-state index contributed by atoms with van der Waals surface area (Å²) in [6.07, 6.45) is 3.15. The fraction of sp³-hybridized carbons (Fsp3) is 0.429. The third-order valence-electron chi connectivity index (χ3n) is 4.93. The molecule has 0 aliphatic carbocycles. The van der Waals surface area contributed by atoms with Crippen LogP contribution in [-0.4, -0.2) is 31.1 Å². The fourth-order valence-corrected chi connectivity index (χ4v) is 4.42. The van der Waals surface area contributed by atoms with Gasteiger partial charge in [-0.2, -0.15) is 0 Å². The van der Waals surface area contributed by atoms with E-state index in [0.717, 1.165) is 42.8 Å². The van der Waals surface area contributed by atoms with Crippen LogP contribution in [0, 0.1) is 0 Å². The molecular formula is C21H28N4O2S. The van der Waals surface area contributed by atoms with E-state index < -0.39 is 6.03 Å². The number of thiophene rings is 1. The molecule has 0 saturated carbocycles. The molecule has 0 spiro atoms. The van der Waals surface area contributed by atoms with Crippen LogP contribution in [0.5, 0.6) is 0 Å². The Morgan fingerprint density at radius 1 is 1.25 bits per heavy atom. The number of carbonyl (C=O) groups is 2. The Kier molecular flexibility index (Phi) is 6.70. The van der Waals surface area contributed by atoms with Crippen LogP contribution < -0.4 is 21.7 Å². The number of urea groups is 1. The van der Waals surface area contributed by atoms with Crippen molar-refractivity contribution in [1.29, 1.82) is 0 Å². The first-order valence-corrected chi connectivity index (χ1v) is 10.6. The molecule has 0 radical (unpaired) electrons. The fourth-order valence-electron chi connectivity index (χ4n) is 3.36. The second-order valence-corrected chi connectivity index (χ2v) is 8.55. The van der Waals surface area contributed by atoms with Crippen molar-refractivity contribution in [3.63, 3.8) is 0 Å². The largest absolute Gasteiger partial charge is 0.351 e. The number of benzene rings is 1. The summed E-state index contributed by atoms with van der Waals surface area (Å²) in [4.78, 5) is 25.3. The van der Waals surface area contributed by atoms with Gasteiger partial charge in [0, 0.05) is 17.5 Å². The molecule has 1 saturated heterocycles. The molecule has 1 aliphatic rings. The number of nitrogens with one attached hydrogen (secondary N) is 3. The van der Waals surface area contributed by atoms with Crippen molar-refractivity contribution in [2.75, 3.05) is 18.4 Å². The average molecular weight is 401 g/mol. The zero-order chi connectivity index (χ0) is 20.1. The normalized spacial score (nSPS) is 17.2. The molecular weight excluding hydrogens is 372 g/mol. The topological polar surface area (TPSA) is 96.2 Å². The third kappa shape index (κ3) is 5.11. The number of anilines is 1. The minimum atomic E-state index is -0.672. The first kappa shape index (κ1) is 20.4. The monoisotopic (exact) mass is 400 g/mol. The van der Waals surface area contributed by atoms with E-state index in [1.165, 1.54) is 16.9 Å². The molecule has 1 fully saturated rings. The summed E-state index contributed by atoms with van der Waals surface area (Å²) in [5.74, 6) is 0.230. The minimum absolute atomic E-state index is 0.0871. The highest BCUT2D eigenvalue weighted by Crippen LogP contribution is 2.36. The van der Waals surface area contributed by atoms with Crippen molar-refractivity contribution in [2.45, 2.75) is 45.1 Å². The molecule has 1 aliphatic heterocycles. The van der Waals surface area contributed by atoms with Gasteiger partial charge in [0.15, 0.2) is 0 Å². The molecule has 1 atom stereocenters. The zero-order valence-electron chi connectivity index (χ0n) is 16.4. The summed E-state index contributed by atoms with van der Waals surface area (Å²) in [5.41, 5.74) is 8.04. The Balaban J connectivity index is 1.88. The van der Waals surface area contributed by atoms with E-state index in [1.807, 2.05) is 18.2 Å². The third-order valence-corrected chi connectivity index (χ3v) is 6.03. The summed E-state index contributed by atoms with van der Waals surface area (Å²) in [6.45, 7) is 6.04. The van der Waals surface area contributed by atoms with Crippen LogP contribution in [0.25, 0.3) is 10.4 Å². The SMILES string of the molecule is CC(C)c1cccc(-c2cc(C(=O)N[C@H]3CCCCNC3)c(NC(N)=O)s2)c1. The highest BCUT2D eigenvalue weighted by molar-refractivity contribution is 7.20. The lowest BCUT2D eigenvalue weighted by molar-refractivity contribution is 0.0937. The number of rotatable bonds is 5. The summed E-state index contributed by atoms with van der Waals surface area (Å²) in [5, 5.41) is 9.54. The number of nitrogens with two attached hydrogens (primary N) is 1. The quantitative estimate of drug-likeness (QED) is 0.613. The van der Waals surface area contributed by atoms with Gasteiger partial charge in [0.05, 0.1) is 5.56 Å². The van der Waals surface area contributed by atoms with Gasteiger partial charge >= 0.3 is 6.03 Å². The van der Waals surface area contributed by atoms with Gasteiger partial charge in [0.1, 0.15) is 5.00 Å². The van der Waals surface area contributed by atoms with Crippen LogP contribution in [-0.2, 0) is 0 Å². The number of amides is 3. The first-order valence-electron chi connectivity index (χ1n) is 9.76. The molecule has 1 aromatic carbocycles. The van der Waals surface area contributed by atoms with Crippen LogP contribution in [0.2, 0.25) is 0 Å². The van der Waals surface area contributed by atoms with Crippen molar-refractivity contribution in [2.24, 2.45) is 5.73 Å². The Bertz CT molecular complexity index is 839. The summed E-state index contributed by atoms with van der Waals surface area (Å²) in [6, 6.07) is 9.51. The van der Waals surface area contributed by atoms with E-state index in [2.05, 4.69) is 41.9 Å². The lowest BCUT2D eigenvalue weighted by atomic mass is 10.0. The molecule has 2 heterocycles. The maximum Gasteiger partial charge on any atom is 0.317 e. The van der Waals surface area contributed by atoms with Gasteiger partial charge in [-0.1, -0.05) is 44.5 Å². The van der Waals surface area contributed by atoms with Crippen molar-refractivity contribution < 1.29 is 9.59 Å². The van der Waals surface area contributed by atoms with Crippen molar-refractivity contribution in [3.8, 4) is 10.4 Å². The molecule has 3 amide bonds. The van der Waals surface area contributed by atoms with Crippen LogP contribution in [0.3, 0.4) is 0 Å². The Morgan fingerprint density at radius 3 is 2.82 bits per heavy atom. The van der Waals surface area contributed by atoms with Crippen LogP contribution in [0.4, 0.5) is 9.80 Å². The molecule has 0 unspecified atom stereocenters. The molecule has 0 bridgehead atoms. The van der Waals surface area contributed by atoms with Gasteiger partial charge in [-0.05, 0) is 42.5 Å². The summed E-state index contributed by atoms with van der Waals surface area (Å²) >= 11 is 1.37. The first-order chi connectivity index (χ1) is 13.4. The molecule has 1 aromatic heterocycles. The predicted octanol–water partition coefficient (Wildman–Crippen LogP) is 3.90. The highest BCUT2D eigenvalue weighted by atomic mass is 32.1. The Labute approximate surface area is 169 Å². The van der Waals surface area contributed by atoms with Crippen molar-refractivity contribution in [1.82, 2.24) is 10.6 Å².